The van der Waals surface area contributed by atoms with Gasteiger partial charge in [-0.1, -0.05) is 5.16 Å². The summed E-state index contributed by atoms with van der Waals surface area (Å²) in [4.78, 5) is 22.8. The lowest BCUT2D eigenvalue weighted by molar-refractivity contribution is -0.140. The van der Waals surface area contributed by atoms with Gasteiger partial charge in [0.05, 0.1) is 16.8 Å². The van der Waals surface area contributed by atoms with Crippen LogP contribution in [0.15, 0.2) is 17.3 Å². The van der Waals surface area contributed by atoms with Crippen molar-refractivity contribution in [3.05, 3.63) is 29.1 Å². The lowest BCUT2D eigenvalue weighted by Gasteiger charge is -2.18. The van der Waals surface area contributed by atoms with Gasteiger partial charge in [-0.15, -0.1) is 0 Å². The molecule has 0 aliphatic carbocycles. The van der Waals surface area contributed by atoms with Gasteiger partial charge in [0.15, 0.2) is 0 Å². The predicted molar refractivity (Wildman–Crippen MR) is 53.6 cm³/mol. The van der Waals surface area contributed by atoms with Crippen molar-refractivity contribution in [1.82, 2.24) is 0 Å². The molecule has 5 nitrogen and oxygen atoms in total. The van der Waals surface area contributed by atoms with Gasteiger partial charge in [-0.05, 0) is 12.1 Å². The van der Waals surface area contributed by atoms with E-state index in [0.717, 1.165) is 0 Å². The summed E-state index contributed by atoms with van der Waals surface area (Å²) in [7, 11) is 0. The minimum absolute atomic E-state index is 0.314. The van der Waals surface area contributed by atoms with E-state index >= 15 is 0 Å². The van der Waals surface area contributed by atoms with E-state index in [1.165, 1.54) is 0 Å². The highest BCUT2D eigenvalue weighted by Gasteiger charge is 2.38. The van der Waals surface area contributed by atoms with Crippen LogP contribution in [0, 0.1) is 5.82 Å². The molecule has 100 valence electrons. The van der Waals surface area contributed by atoms with Crippen molar-refractivity contribution < 1.29 is 32.4 Å². The first-order valence-corrected chi connectivity index (χ1v) is 4.74. The molecule has 0 unspecified atom stereocenters. The van der Waals surface area contributed by atoms with Gasteiger partial charge in [0, 0.05) is 0 Å². The lowest BCUT2D eigenvalue weighted by atomic mass is 9.97. The second-order valence-corrected chi connectivity index (χ2v) is 3.61. The van der Waals surface area contributed by atoms with Gasteiger partial charge >= 0.3 is 6.18 Å². The molecule has 0 saturated heterocycles. The van der Waals surface area contributed by atoms with Gasteiger partial charge in [0.2, 0.25) is 11.5 Å². The summed E-state index contributed by atoms with van der Waals surface area (Å²) in [6, 6.07) is 0.653. The molecule has 1 aromatic carbocycles. The molecule has 1 amide bonds. The average Bonchev–Trinajstić information content (AvgIpc) is 2.29. The number of alkyl halides is 3. The number of halogens is 4. The Hall–Kier alpha value is -2.45. The fourth-order valence-electron chi connectivity index (χ4n) is 1.58. The van der Waals surface area contributed by atoms with Crippen LogP contribution in [0.5, 0.6) is 0 Å². The molecule has 0 spiro atoms. The standard InChI is InChI=1S/C10H4F4N2O3/c11-5-1-3-6(2-4(5)10(12,13)14)15-9(18)7(16-19)8(3)17/h1-2,19H,(H,15,18). The highest BCUT2D eigenvalue weighted by Crippen LogP contribution is 2.35. The first-order chi connectivity index (χ1) is 8.75. The van der Waals surface area contributed by atoms with Crippen molar-refractivity contribution in [3.63, 3.8) is 0 Å². The Balaban J connectivity index is 2.65. The molecule has 9 heteroatoms. The molecule has 1 aromatic rings. The molecule has 1 heterocycles. The van der Waals surface area contributed by atoms with E-state index in [9.17, 15) is 27.2 Å². The molecule has 0 aromatic heterocycles. The Morgan fingerprint density at radius 2 is 1.84 bits per heavy atom. The monoisotopic (exact) mass is 276 g/mol. The minimum Gasteiger partial charge on any atom is -0.410 e. The largest absolute Gasteiger partial charge is 0.419 e. The van der Waals surface area contributed by atoms with Crippen LogP contribution in [0.1, 0.15) is 15.9 Å². The Kier molecular flexibility index (Phi) is 2.76. The molecule has 0 bridgehead atoms. The van der Waals surface area contributed by atoms with Crippen LogP contribution in [0.25, 0.3) is 0 Å². The smallest absolute Gasteiger partial charge is 0.410 e. The van der Waals surface area contributed by atoms with Crippen molar-refractivity contribution in [3.8, 4) is 0 Å². The van der Waals surface area contributed by atoms with E-state index in [-0.39, 0.29) is 0 Å². The SMILES string of the molecule is O=C1Nc2cc(C(F)(F)F)c(F)cc2C(=O)C1=NO. The van der Waals surface area contributed by atoms with E-state index in [1.807, 2.05) is 5.32 Å². The fraction of sp³-hybridized carbons (Fsp3) is 0.100. The summed E-state index contributed by atoms with van der Waals surface area (Å²) in [5.41, 5.74) is -3.54. The Bertz CT molecular complexity index is 622. The number of hydrogen-bond donors (Lipinski definition) is 2. The van der Waals surface area contributed by atoms with E-state index in [4.69, 9.17) is 5.21 Å². The molecule has 0 saturated carbocycles. The van der Waals surface area contributed by atoms with Crippen LogP contribution in [0.3, 0.4) is 0 Å². The molecule has 0 atom stereocenters. The molecule has 1 aliphatic heterocycles. The number of ketones is 1. The number of nitrogens with one attached hydrogen (secondary N) is 1. The van der Waals surface area contributed by atoms with Gasteiger partial charge < -0.3 is 10.5 Å². The molecule has 2 N–H and O–H groups in total. The first kappa shape index (κ1) is 13.0. The summed E-state index contributed by atoms with van der Waals surface area (Å²) in [6.45, 7) is 0. The number of anilines is 1. The number of hydrogen-bond acceptors (Lipinski definition) is 4. The maximum absolute atomic E-state index is 13.3. The van der Waals surface area contributed by atoms with Crippen molar-refractivity contribution in [2.24, 2.45) is 5.16 Å². The summed E-state index contributed by atoms with van der Waals surface area (Å²) < 4.78 is 50.7. The number of rotatable bonds is 0. The molecule has 2 rings (SSSR count). The molecular weight excluding hydrogens is 272 g/mol. The summed E-state index contributed by atoms with van der Waals surface area (Å²) in [5, 5.41) is 12.8. The maximum atomic E-state index is 13.3. The second kappa shape index (κ2) is 4.04. The topological polar surface area (TPSA) is 78.8 Å². The van der Waals surface area contributed by atoms with Gasteiger partial charge in [0.25, 0.3) is 5.91 Å². The van der Waals surface area contributed by atoms with E-state index in [0.29, 0.717) is 12.1 Å². The molecule has 19 heavy (non-hydrogen) atoms. The van der Waals surface area contributed by atoms with Crippen molar-refractivity contribution in [1.29, 1.82) is 0 Å². The zero-order valence-electron chi connectivity index (χ0n) is 8.88. The molecule has 0 fully saturated rings. The zero-order chi connectivity index (χ0) is 14.4. The van der Waals surface area contributed by atoms with E-state index < -0.39 is 46.2 Å². The van der Waals surface area contributed by atoms with Crippen LogP contribution < -0.4 is 5.32 Å². The highest BCUT2D eigenvalue weighted by molar-refractivity contribution is 6.72. The Morgan fingerprint density at radius 1 is 1.21 bits per heavy atom. The van der Waals surface area contributed by atoms with Crippen LogP contribution in [-0.4, -0.2) is 22.6 Å². The zero-order valence-corrected chi connectivity index (χ0v) is 8.88. The Morgan fingerprint density at radius 3 is 2.37 bits per heavy atom. The van der Waals surface area contributed by atoms with E-state index in [2.05, 4.69) is 5.16 Å². The number of carbonyl (C=O) groups excluding carboxylic acids is 2. The maximum Gasteiger partial charge on any atom is 0.419 e. The second-order valence-electron chi connectivity index (χ2n) is 3.61. The average molecular weight is 276 g/mol. The van der Waals surface area contributed by atoms with Gasteiger partial charge in [-0.25, -0.2) is 4.39 Å². The van der Waals surface area contributed by atoms with Gasteiger partial charge in [-0.2, -0.15) is 13.2 Å². The van der Waals surface area contributed by atoms with Crippen molar-refractivity contribution >= 4 is 23.1 Å². The van der Waals surface area contributed by atoms with Gasteiger partial charge in [0.1, 0.15) is 5.82 Å². The number of amides is 1. The first-order valence-electron chi connectivity index (χ1n) is 4.74. The van der Waals surface area contributed by atoms with E-state index in [1.54, 1.807) is 0 Å². The number of nitrogens with zero attached hydrogens (tertiary/aromatic N) is 1. The van der Waals surface area contributed by atoms with Crippen LogP contribution in [-0.2, 0) is 11.0 Å². The normalized spacial score (nSPS) is 17.4. The Labute approximate surface area is 102 Å². The summed E-state index contributed by atoms with van der Waals surface area (Å²) in [6.07, 6.45) is -4.96. The third-order valence-electron chi connectivity index (χ3n) is 2.44. The summed E-state index contributed by atoms with van der Waals surface area (Å²) >= 11 is 0. The van der Waals surface area contributed by atoms with Crippen molar-refractivity contribution in [2.45, 2.75) is 6.18 Å². The molecule has 0 radical (unpaired) electrons. The summed E-state index contributed by atoms with van der Waals surface area (Å²) in [5.74, 6) is -3.98. The van der Waals surface area contributed by atoms with Gasteiger partial charge in [-0.3, -0.25) is 9.59 Å². The quantitative estimate of drug-likeness (QED) is 0.431. The molecule has 1 aliphatic rings. The third kappa shape index (κ3) is 2.02. The minimum atomic E-state index is -4.96. The lowest BCUT2D eigenvalue weighted by Crippen LogP contribution is -2.36. The van der Waals surface area contributed by atoms with Crippen LogP contribution in [0.4, 0.5) is 23.2 Å². The van der Waals surface area contributed by atoms with Crippen molar-refractivity contribution in [2.75, 3.05) is 5.32 Å². The fourth-order valence-corrected chi connectivity index (χ4v) is 1.58. The number of Topliss-reactive ketones (excluding diaryl/α,β-unsaturated/α-hetero) is 1. The number of oxime groups is 1. The third-order valence-corrected chi connectivity index (χ3v) is 2.44. The van der Waals surface area contributed by atoms with Crippen LogP contribution >= 0.6 is 0 Å². The molecular formula is C10H4F4N2O3. The predicted octanol–water partition coefficient (Wildman–Crippen LogP) is 1.81. The number of benzene rings is 1. The van der Waals surface area contributed by atoms with Crippen LogP contribution in [0.2, 0.25) is 0 Å². The highest BCUT2D eigenvalue weighted by atomic mass is 19.4. The number of fused-ring (bicyclic) bond motifs is 1. The number of carbonyl (C=O) groups is 2.